The summed E-state index contributed by atoms with van der Waals surface area (Å²) in [4.78, 5) is 26.2. The molecule has 4 heteroatoms. The number of rotatable bonds is 3. The molecule has 2 aromatic rings. The smallest absolute Gasteiger partial charge is 0.256 e. The van der Waals surface area contributed by atoms with Crippen molar-refractivity contribution in [2.24, 2.45) is 0 Å². The number of nitrogens with zero attached hydrogens (tertiary/aromatic N) is 1. The normalized spacial score (nSPS) is 17.9. The molecule has 1 fully saturated rings. The summed E-state index contributed by atoms with van der Waals surface area (Å²) in [6, 6.07) is 14.6. The molecule has 1 heterocycles. The Bertz CT molecular complexity index is 725. The Morgan fingerprint density at radius 1 is 1.00 bits per heavy atom. The van der Waals surface area contributed by atoms with Gasteiger partial charge >= 0.3 is 0 Å². The number of hydrogen-bond donors (Lipinski definition) is 1. The highest BCUT2D eigenvalue weighted by atomic mass is 16.2. The highest BCUT2D eigenvalue weighted by Gasteiger charge is 2.40. The van der Waals surface area contributed by atoms with Crippen LogP contribution in [-0.2, 0) is 9.59 Å². The second-order valence-corrected chi connectivity index (χ2v) is 5.55. The Balaban J connectivity index is 1.87. The van der Waals surface area contributed by atoms with E-state index in [1.54, 1.807) is 0 Å². The van der Waals surface area contributed by atoms with Crippen molar-refractivity contribution in [2.75, 3.05) is 10.2 Å². The minimum atomic E-state index is -0.505. The molecule has 0 aromatic heterocycles. The molecule has 0 spiro atoms. The number of para-hydroxylation sites is 1. The maximum Gasteiger partial charge on any atom is 0.256 e. The molecule has 3 rings (SSSR count). The number of anilines is 2. The zero-order valence-corrected chi connectivity index (χ0v) is 12.7. The molecule has 2 aromatic carbocycles. The maximum absolute atomic E-state index is 12.6. The molecule has 2 amide bonds. The summed E-state index contributed by atoms with van der Waals surface area (Å²) >= 11 is 0. The van der Waals surface area contributed by atoms with E-state index in [9.17, 15) is 9.59 Å². The first kappa shape index (κ1) is 14.3. The Labute approximate surface area is 129 Å². The van der Waals surface area contributed by atoms with E-state index in [4.69, 9.17) is 0 Å². The molecule has 1 aliphatic heterocycles. The highest BCUT2D eigenvalue weighted by Crippen LogP contribution is 2.29. The third-order valence-electron chi connectivity index (χ3n) is 4.08. The van der Waals surface area contributed by atoms with Crippen LogP contribution in [-0.4, -0.2) is 17.9 Å². The van der Waals surface area contributed by atoms with Crippen molar-refractivity contribution in [1.29, 1.82) is 0 Å². The first-order valence-corrected chi connectivity index (χ1v) is 7.32. The van der Waals surface area contributed by atoms with Crippen LogP contribution < -0.4 is 10.2 Å². The van der Waals surface area contributed by atoms with E-state index in [-0.39, 0.29) is 18.2 Å². The van der Waals surface area contributed by atoms with E-state index >= 15 is 0 Å². The van der Waals surface area contributed by atoms with Crippen LogP contribution in [0.2, 0.25) is 0 Å². The first-order valence-electron chi connectivity index (χ1n) is 7.32. The summed E-state index contributed by atoms with van der Waals surface area (Å²) < 4.78 is 0. The Kier molecular flexibility index (Phi) is 3.67. The average molecular weight is 294 g/mol. The summed E-state index contributed by atoms with van der Waals surface area (Å²) in [7, 11) is 0. The number of benzene rings is 2. The lowest BCUT2D eigenvalue weighted by Gasteiger charge is -2.19. The largest absolute Gasteiger partial charge is 0.373 e. The van der Waals surface area contributed by atoms with Gasteiger partial charge in [0.15, 0.2) is 0 Å². The van der Waals surface area contributed by atoms with Crippen LogP contribution in [0.3, 0.4) is 0 Å². The first-order chi connectivity index (χ1) is 10.6. The molecule has 112 valence electrons. The molecule has 1 aliphatic rings. The zero-order valence-electron chi connectivity index (χ0n) is 12.7. The van der Waals surface area contributed by atoms with Gasteiger partial charge in [-0.15, -0.1) is 0 Å². The van der Waals surface area contributed by atoms with Crippen molar-refractivity contribution in [3.05, 3.63) is 59.7 Å². The summed E-state index contributed by atoms with van der Waals surface area (Å²) in [5.74, 6) is -0.352. The fourth-order valence-electron chi connectivity index (χ4n) is 2.71. The van der Waals surface area contributed by atoms with Gasteiger partial charge in [-0.1, -0.05) is 30.3 Å². The number of imide groups is 1. The molecule has 1 unspecified atom stereocenters. The fourth-order valence-corrected chi connectivity index (χ4v) is 2.71. The Morgan fingerprint density at radius 3 is 2.45 bits per heavy atom. The van der Waals surface area contributed by atoms with E-state index in [0.717, 1.165) is 16.8 Å². The van der Waals surface area contributed by atoms with Crippen LogP contribution in [0.15, 0.2) is 48.5 Å². The van der Waals surface area contributed by atoms with Crippen LogP contribution >= 0.6 is 0 Å². The van der Waals surface area contributed by atoms with Gasteiger partial charge in [0.05, 0.1) is 12.1 Å². The predicted molar refractivity (Wildman–Crippen MR) is 86.9 cm³/mol. The second-order valence-electron chi connectivity index (χ2n) is 5.55. The van der Waals surface area contributed by atoms with Gasteiger partial charge in [0.1, 0.15) is 6.04 Å². The van der Waals surface area contributed by atoms with Crippen LogP contribution in [0.25, 0.3) is 0 Å². The number of hydrogen-bond acceptors (Lipinski definition) is 3. The van der Waals surface area contributed by atoms with Gasteiger partial charge in [-0.25, -0.2) is 4.90 Å². The number of aryl methyl sites for hydroxylation is 1. The molecule has 1 atom stereocenters. The lowest BCUT2D eigenvalue weighted by Crippen LogP contribution is -2.35. The number of nitrogens with one attached hydrogen (secondary N) is 1. The third-order valence-corrected chi connectivity index (χ3v) is 4.08. The van der Waals surface area contributed by atoms with E-state index in [2.05, 4.69) is 5.32 Å². The topological polar surface area (TPSA) is 49.4 Å². The lowest BCUT2D eigenvalue weighted by atomic mass is 10.1. The van der Waals surface area contributed by atoms with Crippen molar-refractivity contribution < 1.29 is 9.59 Å². The van der Waals surface area contributed by atoms with Gasteiger partial charge in [0, 0.05) is 5.69 Å². The molecule has 4 nitrogen and oxygen atoms in total. The highest BCUT2D eigenvalue weighted by molar-refractivity contribution is 6.23. The molecular formula is C18H18N2O2. The van der Waals surface area contributed by atoms with Gasteiger partial charge < -0.3 is 5.32 Å². The van der Waals surface area contributed by atoms with Gasteiger partial charge in [0.25, 0.3) is 5.91 Å². The number of carbonyl (C=O) groups is 2. The summed E-state index contributed by atoms with van der Waals surface area (Å²) in [6.45, 7) is 3.91. The van der Waals surface area contributed by atoms with Crippen molar-refractivity contribution in [3.8, 4) is 0 Å². The minimum absolute atomic E-state index is 0.160. The van der Waals surface area contributed by atoms with E-state index < -0.39 is 6.04 Å². The van der Waals surface area contributed by atoms with Crippen molar-refractivity contribution in [1.82, 2.24) is 0 Å². The predicted octanol–water partition coefficient (Wildman–Crippen LogP) is 3.05. The summed E-state index contributed by atoms with van der Waals surface area (Å²) in [6.07, 6.45) is 0.182. The third kappa shape index (κ3) is 2.48. The quantitative estimate of drug-likeness (QED) is 0.885. The van der Waals surface area contributed by atoms with Crippen LogP contribution in [0, 0.1) is 13.8 Å². The van der Waals surface area contributed by atoms with E-state index in [1.807, 2.05) is 62.4 Å². The molecule has 0 saturated carbocycles. The SMILES string of the molecule is Cc1cccc(N2C(=O)CC(Nc3ccccc3)C2=O)c1C. The number of carbonyl (C=O) groups excluding carboxylic acids is 2. The van der Waals surface area contributed by atoms with Gasteiger partial charge in [0.2, 0.25) is 5.91 Å². The molecule has 1 N–H and O–H groups in total. The molecule has 1 saturated heterocycles. The van der Waals surface area contributed by atoms with E-state index in [1.165, 1.54) is 4.90 Å². The molecule has 22 heavy (non-hydrogen) atoms. The fraction of sp³-hybridized carbons (Fsp3) is 0.222. The zero-order chi connectivity index (χ0) is 15.7. The van der Waals surface area contributed by atoms with Gasteiger partial charge in [-0.05, 0) is 43.2 Å². The van der Waals surface area contributed by atoms with Crippen LogP contribution in [0.5, 0.6) is 0 Å². The summed E-state index contributed by atoms with van der Waals surface area (Å²) in [5.41, 5.74) is 3.56. The number of amides is 2. The second kappa shape index (κ2) is 5.64. The van der Waals surface area contributed by atoms with Gasteiger partial charge in [-0.3, -0.25) is 9.59 Å². The lowest BCUT2D eigenvalue weighted by molar-refractivity contribution is -0.121. The molecule has 0 bridgehead atoms. The van der Waals surface area contributed by atoms with Crippen molar-refractivity contribution in [2.45, 2.75) is 26.3 Å². The Morgan fingerprint density at radius 2 is 1.73 bits per heavy atom. The molecule has 0 radical (unpaired) electrons. The van der Waals surface area contributed by atoms with E-state index in [0.29, 0.717) is 5.69 Å². The minimum Gasteiger partial charge on any atom is -0.373 e. The van der Waals surface area contributed by atoms with Crippen molar-refractivity contribution in [3.63, 3.8) is 0 Å². The molecule has 0 aliphatic carbocycles. The maximum atomic E-state index is 12.6. The summed E-state index contributed by atoms with van der Waals surface area (Å²) in [5, 5.41) is 3.14. The standard InChI is InChI=1S/C18H18N2O2/c1-12-7-6-10-16(13(12)2)20-17(21)11-15(18(20)22)19-14-8-4-3-5-9-14/h3-10,15,19H,11H2,1-2H3. The van der Waals surface area contributed by atoms with Crippen LogP contribution in [0.4, 0.5) is 11.4 Å². The average Bonchev–Trinajstić information content (AvgIpc) is 2.78. The van der Waals surface area contributed by atoms with Crippen LogP contribution in [0.1, 0.15) is 17.5 Å². The van der Waals surface area contributed by atoms with Crippen molar-refractivity contribution >= 4 is 23.2 Å². The molecular weight excluding hydrogens is 276 g/mol. The monoisotopic (exact) mass is 294 g/mol. The Hall–Kier alpha value is -2.62. The van der Waals surface area contributed by atoms with Gasteiger partial charge in [-0.2, -0.15) is 0 Å².